The lowest BCUT2D eigenvalue weighted by atomic mass is 9.62. The van der Waals surface area contributed by atoms with E-state index in [0.29, 0.717) is 22.4 Å². The van der Waals surface area contributed by atoms with Gasteiger partial charge in [0, 0.05) is 16.1 Å². The molecule has 2 atom stereocenters. The summed E-state index contributed by atoms with van der Waals surface area (Å²) >= 11 is 5.91. The van der Waals surface area contributed by atoms with Gasteiger partial charge < -0.3 is 5.73 Å². The third-order valence-electron chi connectivity index (χ3n) is 5.67. The molecule has 3 rings (SSSR count). The number of hydrogen-bond acceptors (Lipinski definition) is 1. The van der Waals surface area contributed by atoms with Crippen molar-refractivity contribution < 1.29 is 4.39 Å². The Kier molecular flexibility index (Phi) is 4.56. The SMILES string of the molecule is NC1(c2ccc(Cl)cc2F)CCCCC1C1CCCCC1. The van der Waals surface area contributed by atoms with Crippen LogP contribution in [0, 0.1) is 17.7 Å². The second kappa shape index (κ2) is 6.26. The highest BCUT2D eigenvalue weighted by atomic mass is 35.5. The van der Waals surface area contributed by atoms with Crippen LogP contribution < -0.4 is 5.73 Å². The van der Waals surface area contributed by atoms with Crippen LogP contribution in [0.1, 0.15) is 63.4 Å². The molecule has 0 bridgehead atoms. The van der Waals surface area contributed by atoms with Gasteiger partial charge in [0.25, 0.3) is 0 Å². The Labute approximate surface area is 132 Å². The molecule has 1 nitrogen and oxygen atoms in total. The van der Waals surface area contributed by atoms with E-state index in [9.17, 15) is 4.39 Å². The van der Waals surface area contributed by atoms with Gasteiger partial charge in [-0.15, -0.1) is 0 Å². The maximum atomic E-state index is 14.5. The van der Waals surface area contributed by atoms with E-state index in [1.807, 2.05) is 6.07 Å². The normalized spacial score (nSPS) is 31.3. The molecule has 3 heteroatoms. The van der Waals surface area contributed by atoms with Crippen LogP contribution >= 0.6 is 11.6 Å². The molecule has 0 saturated heterocycles. The molecule has 0 amide bonds. The summed E-state index contributed by atoms with van der Waals surface area (Å²) in [6, 6.07) is 5.01. The lowest BCUT2D eigenvalue weighted by molar-refractivity contribution is 0.0958. The van der Waals surface area contributed by atoms with Gasteiger partial charge in [0.1, 0.15) is 5.82 Å². The second-order valence-electron chi connectivity index (χ2n) is 6.91. The maximum absolute atomic E-state index is 14.5. The highest BCUT2D eigenvalue weighted by Crippen LogP contribution is 2.48. The van der Waals surface area contributed by atoms with Gasteiger partial charge in [-0.3, -0.25) is 0 Å². The van der Waals surface area contributed by atoms with Crippen LogP contribution in [0.5, 0.6) is 0 Å². The van der Waals surface area contributed by atoms with E-state index in [1.165, 1.54) is 44.6 Å². The lowest BCUT2D eigenvalue weighted by Crippen LogP contribution is -2.50. The van der Waals surface area contributed by atoms with Crippen LogP contribution in [0.4, 0.5) is 4.39 Å². The van der Waals surface area contributed by atoms with Crippen molar-refractivity contribution in [3.63, 3.8) is 0 Å². The molecule has 0 aromatic heterocycles. The van der Waals surface area contributed by atoms with Gasteiger partial charge in [-0.1, -0.05) is 62.6 Å². The largest absolute Gasteiger partial charge is 0.321 e. The van der Waals surface area contributed by atoms with E-state index < -0.39 is 5.54 Å². The molecule has 2 aliphatic rings. The fourth-order valence-electron chi connectivity index (χ4n) is 4.62. The smallest absolute Gasteiger partial charge is 0.129 e. The van der Waals surface area contributed by atoms with E-state index in [1.54, 1.807) is 6.07 Å². The van der Waals surface area contributed by atoms with Gasteiger partial charge in [-0.25, -0.2) is 4.39 Å². The maximum Gasteiger partial charge on any atom is 0.129 e. The van der Waals surface area contributed by atoms with Crippen molar-refractivity contribution in [3.05, 3.63) is 34.6 Å². The van der Waals surface area contributed by atoms with Crippen molar-refractivity contribution in [1.82, 2.24) is 0 Å². The van der Waals surface area contributed by atoms with E-state index in [4.69, 9.17) is 17.3 Å². The van der Waals surface area contributed by atoms with Crippen molar-refractivity contribution in [1.29, 1.82) is 0 Å². The van der Waals surface area contributed by atoms with Crippen molar-refractivity contribution in [2.24, 2.45) is 17.6 Å². The van der Waals surface area contributed by atoms with Gasteiger partial charge in [0.15, 0.2) is 0 Å². The van der Waals surface area contributed by atoms with Crippen molar-refractivity contribution in [2.75, 3.05) is 0 Å². The molecule has 2 N–H and O–H groups in total. The van der Waals surface area contributed by atoms with E-state index in [2.05, 4.69) is 0 Å². The van der Waals surface area contributed by atoms with Gasteiger partial charge >= 0.3 is 0 Å². The predicted molar refractivity (Wildman–Crippen MR) is 85.8 cm³/mol. The van der Waals surface area contributed by atoms with Crippen LogP contribution in [0.2, 0.25) is 5.02 Å². The summed E-state index contributed by atoms with van der Waals surface area (Å²) in [5.74, 6) is 0.856. The molecule has 116 valence electrons. The minimum atomic E-state index is -0.505. The van der Waals surface area contributed by atoms with Gasteiger partial charge in [-0.05, 0) is 36.8 Å². The molecular weight excluding hydrogens is 285 g/mol. The first-order chi connectivity index (χ1) is 10.1. The van der Waals surface area contributed by atoms with Crippen LogP contribution in [0.15, 0.2) is 18.2 Å². The Balaban J connectivity index is 1.94. The summed E-state index contributed by atoms with van der Waals surface area (Å²) in [7, 11) is 0. The number of nitrogens with two attached hydrogens (primary N) is 1. The summed E-state index contributed by atoms with van der Waals surface area (Å²) in [6.07, 6.45) is 10.8. The first kappa shape index (κ1) is 15.3. The zero-order valence-corrected chi connectivity index (χ0v) is 13.3. The van der Waals surface area contributed by atoms with Crippen molar-refractivity contribution in [2.45, 2.75) is 63.3 Å². The molecule has 21 heavy (non-hydrogen) atoms. The van der Waals surface area contributed by atoms with Crippen LogP contribution in [0.25, 0.3) is 0 Å². The zero-order chi connectivity index (χ0) is 14.9. The highest BCUT2D eigenvalue weighted by Gasteiger charge is 2.44. The summed E-state index contributed by atoms with van der Waals surface area (Å²) in [4.78, 5) is 0. The monoisotopic (exact) mass is 309 g/mol. The van der Waals surface area contributed by atoms with E-state index in [0.717, 1.165) is 19.3 Å². The van der Waals surface area contributed by atoms with Crippen LogP contribution in [-0.2, 0) is 5.54 Å². The topological polar surface area (TPSA) is 26.0 Å². The molecule has 0 heterocycles. The summed E-state index contributed by atoms with van der Waals surface area (Å²) < 4.78 is 14.5. The minimum Gasteiger partial charge on any atom is -0.321 e. The molecule has 1 aromatic carbocycles. The molecular formula is C18H25ClFN. The van der Waals surface area contributed by atoms with Crippen molar-refractivity contribution >= 4 is 11.6 Å². The summed E-state index contributed by atoms with van der Waals surface area (Å²) in [5.41, 5.74) is 7.00. The van der Waals surface area contributed by atoms with Crippen LogP contribution in [0.3, 0.4) is 0 Å². The standard InChI is InChI=1S/C18H25ClFN/c19-14-9-10-16(17(20)12-14)18(21)11-5-4-8-15(18)13-6-2-1-3-7-13/h9-10,12-13,15H,1-8,11,21H2. The molecule has 2 saturated carbocycles. The molecule has 1 aromatic rings. The van der Waals surface area contributed by atoms with Crippen LogP contribution in [-0.4, -0.2) is 0 Å². The van der Waals surface area contributed by atoms with Gasteiger partial charge in [-0.2, -0.15) is 0 Å². The molecule has 0 radical (unpaired) electrons. The average Bonchev–Trinajstić information content (AvgIpc) is 2.48. The number of hydrogen-bond donors (Lipinski definition) is 1. The summed E-state index contributed by atoms with van der Waals surface area (Å²) in [5, 5.41) is 0.449. The van der Waals surface area contributed by atoms with Gasteiger partial charge in [0.05, 0.1) is 0 Å². The first-order valence-corrected chi connectivity index (χ1v) is 8.73. The Hall–Kier alpha value is -0.600. The number of rotatable bonds is 2. The van der Waals surface area contributed by atoms with E-state index in [-0.39, 0.29) is 5.82 Å². The Morgan fingerprint density at radius 2 is 1.76 bits per heavy atom. The molecule has 0 aliphatic heterocycles. The first-order valence-electron chi connectivity index (χ1n) is 8.35. The molecule has 2 fully saturated rings. The molecule has 2 aliphatic carbocycles. The quantitative estimate of drug-likeness (QED) is 0.777. The lowest BCUT2D eigenvalue weighted by Gasteiger charge is -2.47. The molecule has 2 unspecified atom stereocenters. The predicted octanol–water partition coefficient (Wildman–Crippen LogP) is 5.40. The number of halogens is 2. The zero-order valence-electron chi connectivity index (χ0n) is 12.6. The molecule has 0 spiro atoms. The van der Waals surface area contributed by atoms with Crippen molar-refractivity contribution in [3.8, 4) is 0 Å². The Morgan fingerprint density at radius 1 is 1.05 bits per heavy atom. The fraction of sp³-hybridized carbons (Fsp3) is 0.667. The Bertz CT molecular complexity index is 498. The summed E-state index contributed by atoms with van der Waals surface area (Å²) in [6.45, 7) is 0. The third-order valence-corrected chi connectivity index (χ3v) is 5.90. The minimum absolute atomic E-state index is 0.229. The number of benzene rings is 1. The Morgan fingerprint density at radius 3 is 2.48 bits per heavy atom. The van der Waals surface area contributed by atoms with E-state index >= 15 is 0 Å². The van der Waals surface area contributed by atoms with Gasteiger partial charge in [0.2, 0.25) is 0 Å². The third kappa shape index (κ3) is 2.98. The average molecular weight is 310 g/mol. The second-order valence-corrected chi connectivity index (χ2v) is 7.35. The fourth-order valence-corrected chi connectivity index (χ4v) is 4.78. The highest BCUT2D eigenvalue weighted by molar-refractivity contribution is 6.30.